The smallest absolute Gasteiger partial charge is 0.305 e. The first-order chi connectivity index (χ1) is 13.4. The quantitative estimate of drug-likeness (QED) is 0.523. The predicted molar refractivity (Wildman–Crippen MR) is 104 cm³/mol. The molecule has 28 heavy (non-hydrogen) atoms. The number of furan rings is 1. The van der Waals surface area contributed by atoms with Gasteiger partial charge in [0, 0.05) is 23.7 Å². The molecule has 142 valence electrons. The number of para-hydroxylation sites is 1. The summed E-state index contributed by atoms with van der Waals surface area (Å²) < 4.78 is 7.25. The highest BCUT2D eigenvalue weighted by atomic mass is 16.3. The highest BCUT2D eigenvalue weighted by molar-refractivity contribution is 6.08. The Morgan fingerprint density at radius 3 is 2.54 bits per heavy atom. The maximum atomic E-state index is 12.7. The van der Waals surface area contributed by atoms with Crippen molar-refractivity contribution in [1.82, 2.24) is 25.6 Å². The highest BCUT2D eigenvalue weighted by Crippen LogP contribution is 2.25. The second-order valence-electron chi connectivity index (χ2n) is 6.68. The van der Waals surface area contributed by atoms with Gasteiger partial charge in [0.2, 0.25) is 0 Å². The van der Waals surface area contributed by atoms with Crippen LogP contribution in [0.1, 0.15) is 37.9 Å². The van der Waals surface area contributed by atoms with Crippen molar-refractivity contribution in [3.63, 3.8) is 0 Å². The molecule has 0 bridgehead atoms. The number of nitrogens with zero attached hydrogens (tertiary/aromatic N) is 3. The molecule has 1 aromatic carbocycles. The molecule has 0 aliphatic carbocycles. The summed E-state index contributed by atoms with van der Waals surface area (Å²) in [5.41, 5.74) is 8.61. The topological polar surface area (TPSA) is 102 Å². The molecule has 8 heteroatoms. The zero-order chi connectivity index (χ0) is 20.0. The lowest BCUT2D eigenvalue weighted by Crippen LogP contribution is -2.41. The number of fused-ring (bicyclic) bond motifs is 2. The van der Waals surface area contributed by atoms with Gasteiger partial charge in [-0.25, -0.2) is 4.98 Å². The van der Waals surface area contributed by atoms with E-state index in [0.29, 0.717) is 39.1 Å². The van der Waals surface area contributed by atoms with Crippen LogP contribution in [0.4, 0.5) is 0 Å². The molecule has 0 fully saturated rings. The monoisotopic (exact) mass is 377 g/mol. The van der Waals surface area contributed by atoms with Crippen molar-refractivity contribution in [3.05, 3.63) is 58.6 Å². The van der Waals surface area contributed by atoms with Crippen molar-refractivity contribution in [2.75, 3.05) is 0 Å². The number of hydrogen-bond acceptors (Lipinski definition) is 5. The molecule has 3 aromatic heterocycles. The summed E-state index contributed by atoms with van der Waals surface area (Å²) >= 11 is 0. The van der Waals surface area contributed by atoms with Gasteiger partial charge in [0.25, 0.3) is 5.91 Å². The molecule has 0 atom stereocenters. The fourth-order valence-corrected chi connectivity index (χ4v) is 3.38. The van der Waals surface area contributed by atoms with E-state index in [1.165, 1.54) is 0 Å². The number of hydrazine groups is 1. The van der Waals surface area contributed by atoms with Crippen LogP contribution in [0.5, 0.6) is 0 Å². The SMILES string of the molecule is Cc1cc(C(=O)NNC(=O)c2oc3ccccc3c2C)c2c(C)nn(C)c2n1. The number of benzene rings is 1. The Hall–Kier alpha value is -3.68. The number of carbonyl (C=O) groups is 2. The lowest BCUT2D eigenvalue weighted by molar-refractivity contribution is 0.0832. The second kappa shape index (κ2) is 6.49. The standard InChI is InChI=1S/C20H19N5O3/c1-10-9-14(16-12(3)24-25(4)18(16)21-10)19(26)22-23-20(27)17-11(2)13-7-5-6-8-15(13)28-17/h5-9H,1-4H3,(H,22,26)(H,23,27). The minimum atomic E-state index is -0.521. The molecule has 4 aromatic rings. The summed E-state index contributed by atoms with van der Waals surface area (Å²) in [6.07, 6.45) is 0. The first-order valence-corrected chi connectivity index (χ1v) is 8.76. The number of hydrogen-bond donors (Lipinski definition) is 2. The first-order valence-electron chi connectivity index (χ1n) is 8.76. The normalized spacial score (nSPS) is 11.1. The number of nitrogens with one attached hydrogen (secondary N) is 2. The van der Waals surface area contributed by atoms with E-state index in [-0.39, 0.29) is 5.76 Å². The minimum Gasteiger partial charge on any atom is -0.451 e. The van der Waals surface area contributed by atoms with Gasteiger partial charge >= 0.3 is 5.91 Å². The highest BCUT2D eigenvalue weighted by Gasteiger charge is 2.21. The maximum Gasteiger partial charge on any atom is 0.305 e. The van der Waals surface area contributed by atoms with Gasteiger partial charge in [0.15, 0.2) is 11.4 Å². The Morgan fingerprint density at radius 2 is 1.79 bits per heavy atom. The lowest BCUT2D eigenvalue weighted by atomic mass is 10.1. The Bertz CT molecular complexity index is 1250. The molecule has 8 nitrogen and oxygen atoms in total. The summed E-state index contributed by atoms with van der Waals surface area (Å²) in [5, 5.41) is 5.84. The fraction of sp³-hybridized carbons (Fsp3) is 0.200. The van der Waals surface area contributed by atoms with Gasteiger partial charge in [-0.05, 0) is 32.9 Å². The Morgan fingerprint density at radius 1 is 1.07 bits per heavy atom. The molecule has 2 amide bonds. The summed E-state index contributed by atoms with van der Waals surface area (Å²) in [4.78, 5) is 29.7. The van der Waals surface area contributed by atoms with Crippen LogP contribution in [0, 0.1) is 20.8 Å². The van der Waals surface area contributed by atoms with Crippen LogP contribution in [-0.2, 0) is 7.05 Å². The third-order valence-electron chi connectivity index (χ3n) is 4.68. The van der Waals surface area contributed by atoms with Crippen molar-refractivity contribution in [3.8, 4) is 0 Å². The van der Waals surface area contributed by atoms with Crippen LogP contribution in [-0.4, -0.2) is 26.6 Å². The van der Waals surface area contributed by atoms with Gasteiger partial charge in [0.1, 0.15) is 5.58 Å². The number of amides is 2. The Balaban J connectivity index is 1.60. The van der Waals surface area contributed by atoms with E-state index in [0.717, 1.165) is 5.39 Å². The molecule has 0 saturated carbocycles. The second-order valence-corrected chi connectivity index (χ2v) is 6.68. The van der Waals surface area contributed by atoms with E-state index < -0.39 is 11.8 Å². The number of rotatable bonds is 2. The van der Waals surface area contributed by atoms with Gasteiger partial charge in [0.05, 0.1) is 16.6 Å². The molecule has 4 rings (SSSR count). The first kappa shape index (κ1) is 17.7. The largest absolute Gasteiger partial charge is 0.451 e. The average molecular weight is 377 g/mol. The van der Waals surface area contributed by atoms with Crippen LogP contribution < -0.4 is 10.9 Å². The van der Waals surface area contributed by atoms with E-state index in [4.69, 9.17) is 4.42 Å². The molecule has 0 saturated heterocycles. The summed E-state index contributed by atoms with van der Waals surface area (Å²) in [6, 6.07) is 9.05. The van der Waals surface area contributed by atoms with Crippen LogP contribution >= 0.6 is 0 Å². The molecule has 0 radical (unpaired) electrons. The Kier molecular flexibility index (Phi) is 4.11. The molecule has 0 unspecified atom stereocenters. The summed E-state index contributed by atoms with van der Waals surface area (Å²) in [7, 11) is 1.77. The summed E-state index contributed by atoms with van der Waals surface area (Å²) in [5.74, 6) is -0.809. The average Bonchev–Trinajstić information content (AvgIpc) is 3.16. The van der Waals surface area contributed by atoms with E-state index in [1.54, 1.807) is 37.7 Å². The van der Waals surface area contributed by atoms with Crippen molar-refractivity contribution in [2.24, 2.45) is 7.05 Å². The minimum absolute atomic E-state index is 0.162. The van der Waals surface area contributed by atoms with Crippen molar-refractivity contribution >= 4 is 33.8 Å². The van der Waals surface area contributed by atoms with Crippen molar-refractivity contribution < 1.29 is 14.0 Å². The summed E-state index contributed by atoms with van der Waals surface area (Å²) in [6.45, 7) is 5.42. The van der Waals surface area contributed by atoms with E-state index in [9.17, 15) is 9.59 Å². The zero-order valence-electron chi connectivity index (χ0n) is 16.0. The van der Waals surface area contributed by atoms with Crippen molar-refractivity contribution in [1.29, 1.82) is 0 Å². The molecule has 0 spiro atoms. The van der Waals surface area contributed by atoms with Gasteiger partial charge in [-0.1, -0.05) is 18.2 Å². The maximum absolute atomic E-state index is 12.7. The molecular weight excluding hydrogens is 358 g/mol. The van der Waals surface area contributed by atoms with E-state index in [1.807, 2.05) is 25.1 Å². The third-order valence-corrected chi connectivity index (χ3v) is 4.68. The number of aromatic nitrogens is 3. The lowest BCUT2D eigenvalue weighted by Gasteiger charge is -2.08. The van der Waals surface area contributed by atoms with Crippen LogP contribution in [0.15, 0.2) is 34.7 Å². The molecular formula is C20H19N5O3. The van der Waals surface area contributed by atoms with Gasteiger partial charge in [-0.3, -0.25) is 25.1 Å². The van der Waals surface area contributed by atoms with Gasteiger partial charge in [-0.15, -0.1) is 0 Å². The molecule has 0 aliphatic heterocycles. The number of carbonyl (C=O) groups excluding carboxylic acids is 2. The van der Waals surface area contributed by atoms with E-state index >= 15 is 0 Å². The molecule has 0 aliphatic rings. The fourth-order valence-electron chi connectivity index (χ4n) is 3.38. The van der Waals surface area contributed by atoms with E-state index in [2.05, 4.69) is 20.9 Å². The van der Waals surface area contributed by atoms with Crippen LogP contribution in [0.25, 0.3) is 22.0 Å². The number of aryl methyl sites for hydroxylation is 4. The number of pyridine rings is 1. The van der Waals surface area contributed by atoms with Gasteiger partial charge < -0.3 is 4.42 Å². The zero-order valence-corrected chi connectivity index (χ0v) is 16.0. The van der Waals surface area contributed by atoms with Crippen molar-refractivity contribution in [2.45, 2.75) is 20.8 Å². The predicted octanol–water partition coefficient (Wildman–Crippen LogP) is 2.71. The van der Waals surface area contributed by atoms with Crippen LogP contribution in [0.3, 0.4) is 0 Å². The Labute approximate surface area is 160 Å². The molecule has 3 heterocycles. The third kappa shape index (κ3) is 2.79. The molecule has 2 N–H and O–H groups in total. The van der Waals surface area contributed by atoms with Crippen LogP contribution in [0.2, 0.25) is 0 Å². The van der Waals surface area contributed by atoms with Gasteiger partial charge in [-0.2, -0.15) is 5.10 Å².